The molecule has 3 nitrogen and oxygen atoms in total. The Balaban J connectivity index is 2.07. The summed E-state index contributed by atoms with van der Waals surface area (Å²) < 4.78 is 1.84. The van der Waals surface area contributed by atoms with Gasteiger partial charge in [0, 0.05) is 18.4 Å². The molecule has 14 heavy (non-hydrogen) atoms. The van der Waals surface area contributed by atoms with E-state index in [0.717, 1.165) is 12.1 Å². The molecule has 0 saturated carbocycles. The first kappa shape index (κ1) is 8.97. The number of hydrogen-bond acceptors (Lipinski definition) is 2. The van der Waals surface area contributed by atoms with Crippen LogP contribution in [0.15, 0.2) is 48.8 Å². The van der Waals surface area contributed by atoms with Crippen molar-refractivity contribution in [1.82, 2.24) is 9.78 Å². The topological polar surface area (TPSA) is 43.8 Å². The fourth-order valence-corrected chi connectivity index (χ4v) is 1.42. The predicted octanol–water partition coefficient (Wildman–Crippen LogP) is 1.58. The summed E-state index contributed by atoms with van der Waals surface area (Å²) >= 11 is 0. The number of rotatable bonds is 3. The fourth-order valence-electron chi connectivity index (χ4n) is 1.42. The van der Waals surface area contributed by atoms with Crippen LogP contribution in [-0.2, 0) is 6.54 Å². The molecule has 72 valence electrons. The Labute approximate surface area is 83.2 Å². The van der Waals surface area contributed by atoms with Crippen LogP contribution in [0.1, 0.15) is 11.6 Å². The lowest BCUT2D eigenvalue weighted by molar-refractivity contribution is 0.528. The number of aromatic nitrogens is 2. The van der Waals surface area contributed by atoms with Crippen molar-refractivity contribution in [3.63, 3.8) is 0 Å². The van der Waals surface area contributed by atoms with Crippen molar-refractivity contribution >= 4 is 0 Å². The van der Waals surface area contributed by atoms with Crippen LogP contribution >= 0.6 is 0 Å². The average Bonchev–Trinajstić information content (AvgIpc) is 2.72. The van der Waals surface area contributed by atoms with E-state index < -0.39 is 0 Å². The van der Waals surface area contributed by atoms with E-state index in [1.807, 2.05) is 47.3 Å². The van der Waals surface area contributed by atoms with E-state index in [1.54, 1.807) is 6.20 Å². The van der Waals surface area contributed by atoms with Crippen LogP contribution in [0.5, 0.6) is 0 Å². The number of hydrogen-bond donors (Lipinski definition) is 1. The van der Waals surface area contributed by atoms with Gasteiger partial charge in [-0.25, -0.2) is 0 Å². The molecule has 1 aromatic heterocycles. The van der Waals surface area contributed by atoms with Crippen LogP contribution in [0.2, 0.25) is 0 Å². The summed E-state index contributed by atoms with van der Waals surface area (Å²) in [5, 5.41) is 4.12. The van der Waals surface area contributed by atoms with Gasteiger partial charge in [0.1, 0.15) is 0 Å². The molecular formula is C11H13N3. The van der Waals surface area contributed by atoms with E-state index in [9.17, 15) is 0 Å². The van der Waals surface area contributed by atoms with Gasteiger partial charge in [-0.2, -0.15) is 5.10 Å². The Morgan fingerprint density at radius 1 is 1.21 bits per heavy atom. The molecule has 1 unspecified atom stereocenters. The first-order valence-electron chi connectivity index (χ1n) is 4.64. The molecule has 1 aromatic carbocycles. The van der Waals surface area contributed by atoms with Crippen LogP contribution in [-0.4, -0.2) is 9.78 Å². The third-order valence-corrected chi connectivity index (χ3v) is 2.17. The zero-order valence-corrected chi connectivity index (χ0v) is 7.88. The first-order valence-corrected chi connectivity index (χ1v) is 4.64. The molecule has 0 fully saturated rings. The summed E-state index contributed by atoms with van der Waals surface area (Å²) in [5.41, 5.74) is 7.17. The number of nitrogens with zero attached hydrogens (tertiary/aromatic N) is 2. The second-order valence-electron chi connectivity index (χ2n) is 3.25. The minimum Gasteiger partial charge on any atom is -0.322 e. The van der Waals surface area contributed by atoms with Crippen molar-refractivity contribution in [3.05, 3.63) is 54.4 Å². The summed E-state index contributed by atoms with van der Waals surface area (Å²) in [7, 11) is 0. The Kier molecular flexibility index (Phi) is 2.60. The molecule has 0 aliphatic carbocycles. The number of benzene rings is 1. The molecule has 2 rings (SSSR count). The van der Waals surface area contributed by atoms with Gasteiger partial charge in [-0.15, -0.1) is 0 Å². The predicted molar refractivity (Wildman–Crippen MR) is 55.6 cm³/mol. The second-order valence-corrected chi connectivity index (χ2v) is 3.25. The van der Waals surface area contributed by atoms with Crippen LogP contribution < -0.4 is 5.73 Å². The Morgan fingerprint density at radius 3 is 2.64 bits per heavy atom. The lowest BCUT2D eigenvalue weighted by Crippen LogP contribution is -2.17. The van der Waals surface area contributed by atoms with Gasteiger partial charge in [0.25, 0.3) is 0 Å². The lowest BCUT2D eigenvalue weighted by Gasteiger charge is -2.11. The highest BCUT2D eigenvalue weighted by Gasteiger charge is 2.05. The summed E-state index contributed by atoms with van der Waals surface area (Å²) in [6.45, 7) is 0.719. The van der Waals surface area contributed by atoms with Gasteiger partial charge in [-0.05, 0) is 11.6 Å². The highest BCUT2D eigenvalue weighted by atomic mass is 15.3. The minimum absolute atomic E-state index is 0.0103. The maximum Gasteiger partial charge on any atom is 0.0602 e. The van der Waals surface area contributed by atoms with Crippen molar-refractivity contribution in [3.8, 4) is 0 Å². The monoisotopic (exact) mass is 187 g/mol. The molecule has 0 aliphatic rings. The lowest BCUT2D eigenvalue weighted by atomic mass is 10.1. The van der Waals surface area contributed by atoms with Gasteiger partial charge in [-0.3, -0.25) is 4.68 Å². The Bertz CT molecular complexity index is 367. The van der Waals surface area contributed by atoms with Crippen LogP contribution in [0.25, 0.3) is 0 Å². The van der Waals surface area contributed by atoms with Gasteiger partial charge < -0.3 is 5.73 Å². The van der Waals surface area contributed by atoms with Gasteiger partial charge in [0.05, 0.1) is 6.54 Å². The standard InChI is InChI=1S/C11H13N3/c12-11(9-14-8-4-7-13-14)10-5-2-1-3-6-10/h1-8,11H,9,12H2. The Morgan fingerprint density at radius 2 is 2.00 bits per heavy atom. The van der Waals surface area contributed by atoms with Crippen LogP contribution in [0.3, 0.4) is 0 Å². The normalized spacial score (nSPS) is 12.6. The molecule has 0 radical (unpaired) electrons. The summed E-state index contributed by atoms with van der Waals surface area (Å²) in [6, 6.07) is 12.0. The molecule has 0 spiro atoms. The maximum atomic E-state index is 6.03. The third-order valence-electron chi connectivity index (χ3n) is 2.17. The van der Waals surface area contributed by atoms with Crippen molar-refractivity contribution in [2.75, 3.05) is 0 Å². The fraction of sp³-hybridized carbons (Fsp3) is 0.182. The van der Waals surface area contributed by atoms with Crippen molar-refractivity contribution < 1.29 is 0 Å². The van der Waals surface area contributed by atoms with E-state index in [-0.39, 0.29) is 6.04 Å². The van der Waals surface area contributed by atoms with E-state index in [1.165, 1.54) is 0 Å². The molecule has 2 N–H and O–H groups in total. The molecule has 3 heteroatoms. The van der Waals surface area contributed by atoms with Crippen LogP contribution in [0, 0.1) is 0 Å². The smallest absolute Gasteiger partial charge is 0.0602 e. The van der Waals surface area contributed by atoms with Crippen molar-refractivity contribution in [2.24, 2.45) is 5.73 Å². The molecule has 1 heterocycles. The van der Waals surface area contributed by atoms with E-state index in [0.29, 0.717) is 0 Å². The Hall–Kier alpha value is -1.61. The minimum atomic E-state index is 0.0103. The number of nitrogens with two attached hydrogens (primary N) is 1. The quantitative estimate of drug-likeness (QED) is 0.792. The average molecular weight is 187 g/mol. The first-order chi connectivity index (χ1) is 6.86. The highest BCUT2D eigenvalue weighted by molar-refractivity contribution is 5.18. The zero-order chi connectivity index (χ0) is 9.80. The molecule has 0 saturated heterocycles. The third kappa shape index (κ3) is 2.00. The summed E-state index contributed by atoms with van der Waals surface area (Å²) in [4.78, 5) is 0. The van der Waals surface area contributed by atoms with Crippen molar-refractivity contribution in [1.29, 1.82) is 0 Å². The van der Waals surface area contributed by atoms with Gasteiger partial charge in [0.2, 0.25) is 0 Å². The van der Waals surface area contributed by atoms with Gasteiger partial charge in [-0.1, -0.05) is 30.3 Å². The van der Waals surface area contributed by atoms with Crippen molar-refractivity contribution in [2.45, 2.75) is 12.6 Å². The largest absolute Gasteiger partial charge is 0.322 e. The maximum absolute atomic E-state index is 6.03. The molecule has 0 amide bonds. The highest BCUT2D eigenvalue weighted by Crippen LogP contribution is 2.10. The van der Waals surface area contributed by atoms with Crippen LogP contribution in [0.4, 0.5) is 0 Å². The van der Waals surface area contributed by atoms with Gasteiger partial charge >= 0.3 is 0 Å². The van der Waals surface area contributed by atoms with E-state index >= 15 is 0 Å². The van der Waals surface area contributed by atoms with E-state index in [4.69, 9.17) is 5.73 Å². The second kappa shape index (κ2) is 4.07. The molecular weight excluding hydrogens is 174 g/mol. The summed E-state index contributed by atoms with van der Waals surface area (Å²) in [6.07, 6.45) is 3.68. The molecule has 1 atom stereocenters. The molecule has 0 bridgehead atoms. The zero-order valence-electron chi connectivity index (χ0n) is 7.88. The van der Waals surface area contributed by atoms with Gasteiger partial charge in [0.15, 0.2) is 0 Å². The molecule has 2 aromatic rings. The van der Waals surface area contributed by atoms with E-state index in [2.05, 4.69) is 5.10 Å². The molecule has 0 aliphatic heterocycles. The summed E-state index contributed by atoms with van der Waals surface area (Å²) in [5.74, 6) is 0. The SMILES string of the molecule is NC(Cn1cccn1)c1ccccc1.